The molecule has 0 saturated carbocycles. The Kier molecular flexibility index (Phi) is 5.38. The van der Waals surface area contributed by atoms with Gasteiger partial charge in [-0.05, 0) is 26.1 Å². The van der Waals surface area contributed by atoms with Crippen molar-refractivity contribution < 1.29 is 4.74 Å². The first-order valence-electron chi connectivity index (χ1n) is 6.45. The highest BCUT2D eigenvalue weighted by molar-refractivity contribution is 7.99. The maximum atomic E-state index is 5.46. The zero-order valence-corrected chi connectivity index (χ0v) is 12.8. The van der Waals surface area contributed by atoms with E-state index in [2.05, 4.69) is 34.3 Å². The topological polar surface area (TPSA) is 47.0 Å². The molecule has 1 unspecified atom stereocenters. The van der Waals surface area contributed by atoms with Crippen molar-refractivity contribution in [1.82, 2.24) is 15.3 Å². The molecule has 2 rings (SSSR count). The van der Waals surface area contributed by atoms with Gasteiger partial charge in [0.2, 0.25) is 0 Å². The van der Waals surface area contributed by atoms with Crippen LogP contribution in [0.1, 0.15) is 17.2 Å². The second-order valence-electron chi connectivity index (χ2n) is 4.45. The molecule has 1 aromatic heterocycles. The highest BCUT2D eigenvalue weighted by Crippen LogP contribution is 2.30. The van der Waals surface area contributed by atoms with Crippen LogP contribution >= 0.6 is 11.8 Å². The monoisotopic (exact) mass is 289 g/mol. The van der Waals surface area contributed by atoms with Crippen molar-refractivity contribution in [2.45, 2.75) is 18.0 Å². The molecule has 0 amide bonds. The minimum Gasteiger partial charge on any atom is -0.496 e. The third-order valence-corrected chi connectivity index (χ3v) is 4.10. The standard InChI is InChI=1S/C15H19N3OS/c1-11-4-5-14(19-3)12(8-11)13(16-2)9-20-15-6-7-17-10-18-15/h4-8,10,13,16H,9H2,1-3H3. The van der Waals surface area contributed by atoms with Gasteiger partial charge in [-0.2, -0.15) is 0 Å². The summed E-state index contributed by atoms with van der Waals surface area (Å²) in [7, 11) is 3.67. The van der Waals surface area contributed by atoms with Crippen molar-refractivity contribution in [1.29, 1.82) is 0 Å². The van der Waals surface area contributed by atoms with Gasteiger partial charge in [-0.25, -0.2) is 9.97 Å². The van der Waals surface area contributed by atoms with Crippen LogP contribution in [0.5, 0.6) is 5.75 Å². The summed E-state index contributed by atoms with van der Waals surface area (Å²) in [6, 6.07) is 8.38. The van der Waals surface area contributed by atoms with Crippen molar-refractivity contribution >= 4 is 11.8 Å². The van der Waals surface area contributed by atoms with Gasteiger partial charge in [-0.15, -0.1) is 11.8 Å². The Morgan fingerprint density at radius 2 is 2.20 bits per heavy atom. The van der Waals surface area contributed by atoms with E-state index in [0.717, 1.165) is 16.5 Å². The quantitative estimate of drug-likeness (QED) is 0.654. The summed E-state index contributed by atoms with van der Waals surface area (Å²) in [6.07, 6.45) is 3.33. The van der Waals surface area contributed by atoms with Gasteiger partial charge < -0.3 is 10.1 Å². The molecule has 2 aromatic rings. The number of nitrogens with zero attached hydrogens (tertiary/aromatic N) is 2. The number of hydrogen-bond acceptors (Lipinski definition) is 5. The molecule has 1 aromatic carbocycles. The molecule has 106 valence electrons. The lowest BCUT2D eigenvalue weighted by atomic mass is 10.0. The van der Waals surface area contributed by atoms with Gasteiger partial charge >= 0.3 is 0 Å². The number of aryl methyl sites for hydroxylation is 1. The third kappa shape index (κ3) is 3.71. The third-order valence-electron chi connectivity index (χ3n) is 3.06. The highest BCUT2D eigenvalue weighted by Gasteiger charge is 2.15. The maximum absolute atomic E-state index is 5.46. The summed E-state index contributed by atoms with van der Waals surface area (Å²) >= 11 is 1.70. The van der Waals surface area contributed by atoms with Crippen LogP contribution in [0.2, 0.25) is 0 Å². The first kappa shape index (κ1) is 14.8. The van der Waals surface area contributed by atoms with Crippen molar-refractivity contribution in [3.8, 4) is 5.75 Å². The number of ether oxygens (including phenoxy) is 1. The molecule has 1 heterocycles. The normalized spacial score (nSPS) is 12.2. The molecule has 0 spiro atoms. The van der Waals surface area contributed by atoms with Gasteiger partial charge in [0, 0.05) is 23.6 Å². The smallest absolute Gasteiger partial charge is 0.123 e. The van der Waals surface area contributed by atoms with Crippen LogP contribution in [0.3, 0.4) is 0 Å². The van der Waals surface area contributed by atoms with E-state index < -0.39 is 0 Å². The molecule has 5 heteroatoms. The highest BCUT2D eigenvalue weighted by atomic mass is 32.2. The zero-order valence-electron chi connectivity index (χ0n) is 12.0. The first-order valence-corrected chi connectivity index (χ1v) is 7.43. The summed E-state index contributed by atoms with van der Waals surface area (Å²) in [4.78, 5) is 8.16. The SMILES string of the molecule is CNC(CSc1ccncn1)c1cc(C)ccc1OC. The van der Waals surface area contributed by atoms with Gasteiger partial charge in [-0.1, -0.05) is 17.7 Å². The van der Waals surface area contributed by atoms with E-state index in [4.69, 9.17) is 4.74 Å². The largest absolute Gasteiger partial charge is 0.496 e. The Hall–Kier alpha value is -1.59. The number of rotatable bonds is 6. The number of thioether (sulfide) groups is 1. The van der Waals surface area contributed by atoms with Gasteiger partial charge in [0.1, 0.15) is 12.1 Å². The fourth-order valence-electron chi connectivity index (χ4n) is 1.99. The number of benzene rings is 1. The zero-order chi connectivity index (χ0) is 14.4. The van der Waals surface area contributed by atoms with E-state index in [1.165, 1.54) is 11.1 Å². The average molecular weight is 289 g/mol. The molecule has 20 heavy (non-hydrogen) atoms. The molecular weight excluding hydrogens is 270 g/mol. The number of methoxy groups -OCH3 is 1. The first-order chi connectivity index (χ1) is 9.74. The Labute approximate surface area is 124 Å². The van der Waals surface area contributed by atoms with E-state index in [0.29, 0.717) is 0 Å². The molecular formula is C15H19N3OS. The van der Waals surface area contributed by atoms with Crippen LogP contribution in [0.15, 0.2) is 41.8 Å². The lowest BCUT2D eigenvalue weighted by Gasteiger charge is -2.19. The van der Waals surface area contributed by atoms with Crippen LogP contribution in [-0.4, -0.2) is 29.9 Å². The fraction of sp³-hybridized carbons (Fsp3) is 0.333. The summed E-state index contributed by atoms with van der Waals surface area (Å²) in [5.74, 6) is 1.80. The minimum atomic E-state index is 0.213. The van der Waals surface area contributed by atoms with Gasteiger partial charge in [0.05, 0.1) is 12.1 Å². The van der Waals surface area contributed by atoms with E-state index in [9.17, 15) is 0 Å². The van der Waals surface area contributed by atoms with E-state index in [-0.39, 0.29) is 6.04 Å². The second-order valence-corrected chi connectivity index (χ2v) is 5.49. The summed E-state index contributed by atoms with van der Waals surface area (Å²) < 4.78 is 5.46. The Balaban J connectivity index is 2.14. The molecule has 0 aliphatic carbocycles. The van der Waals surface area contributed by atoms with Crippen LogP contribution in [0, 0.1) is 6.92 Å². The number of aromatic nitrogens is 2. The number of hydrogen-bond donors (Lipinski definition) is 1. The molecule has 0 fully saturated rings. The summed E-state index contributed by atoms with van der Waals surface area (Å²) in [5, 5.41) is 4.32. The Bertz CT molecular complexity index is 548. The van der Waals surface area contributed by atoms with Crippen molar-refractivity contribution in [2.75, 3.05) is 19.9 Å². The minimum absolute atomic E-state index is 0.213. The molecule has 0 aliphatic heterocycles. The van der Waals surface area contributed by atoms with E-state index in [1.807, 2.05) is 19.2 Å². The van der Waals surface area contributed by atoms with Crippen LogP contribution < -0.4 is 10.1 Å². The second kappa shape index (κ2) is 7.26. The molecule has 0 aliphatic rings. The molecule has 4 nitrogen and oxygen atoms in total. The summed E-state index contributed by atoms with van der Waals surface area (Å²) in [5.41, 5.74) is 2.41. The lowest BCUT2D eigenvalue weighted by Crippen LogP contribution is -2.19. The number of nitrogens with one attached hydrogen (secondary N) is 1. The van der Waals surface area contributed by atoms with Gasteiger partial charge in [-0.3, -0.25) is 0 Å². The molecule has 1 atom stereocenters. The van der Waals surface area contributed by atoms with Crippen LogP contribution in [0.4, 0.5) is 0 Å². The van der Waals surface area contributed by atoms with Crippen LogP contribution in [-0.2, 0) is 0 Å². The van der Waals surface area contributed by atoms with E-state index in [1.54, 1.807) is 31.4 Å². The van der Waals surface area contributed by atoms with Crippen molar-refractivity contribution in [3.05, 3.63) is 47.9 Å². The lowest BCUT2D eigenvalue weighted by molar-refractivity contribution is 0.404. The predicted octanol–water partition coefficient (Wildman–Crippen LogP) is 2.85. The molecule has 0 saturated heterocycles. The van der Waals surface area contributed by atoms with Crippen molar-refractivity contribution in [2.24, 2.45) is 0 Å². The van der Waals surface area contributed by atoms with E-state index >= 15 is 0 Å². The summed E-state index contributed by atoms with van der Waals surface area (Å²) in [6.45, 7) is 2.09. The van der Waals surface area contributed by atoms with Crippen LogP contribution in [0.25, 0.3) is 0 Å². The molecule has 0 bridgehead atoms. The van der Waals surface area contributed by atoms with Gasteiger partial charge in [0.15, 0.2) is 0 Å². The van der Waals surface area contributed by atoms with Gasteiger partial charge in [0.25, 0.3) is 0 Å². The molecule has 1 N–H and O–H groups in total. The fourth-order valence-corrected chi connectivity index (χ4v) is 2.95. The Morgan fingerprint density at radius 1 is 1.35 bits per heavy atom. The molecule has 0 radical (unpaired) electrons. The maximum Gasteiger partial charge on any atom is 0.123 e. The average Bonchev–Trinajstić information content (AvgIpc) is 2.49. The predicted molar refractivity (Wildman–Crippen MR) is 82.3 cm³/mol. The van der Waals surface area contributed by atoms with Crippen molar-refractivity contribution in [3.63, 3.8) is 0 Å². The Morgan fingerprint density at radius 3 is 2.85 bits per heavy atom.